The van der Waals surface area contributed by atoms with E-state index in [1.807, 2.05) is 13.8 Å². The molecule has 7 nitrogen and oxygen atoms in total. The van der Waals surface area contributed by atoms with E-state index < -0.39 is 23.5 Å². The van der Waals surface area contributed by atoms with Crippen molar-refractivity contribution in [2.24, 2.45) is 0 Å². The number of rotatable bonds is 9. The molecule has 0 aliphatic carbocycles. The van der Waals surface area contributed by atoms with Crippen molar-refractivity contribution in [2.75, 3.05) is 46.0 Å². The number of carbonyl (C=O) groups excluding carboxylic acids is 2. The van der Waals surface area contributed by atoms with Gasteiger partial charge in [-0.25, -0.2) is 4.39 Å². The second-order valence-electron chi connectivity index (χ2n) is 9.18. The molecule has 2 aliphatic rings. The van der Waals surface area contributed by atoms with E-state index in [1.165, 1.54) is 17.0 Å². The summed E-state index contributed by atoms with van der Waals surface area (Å²) in [4.78, 5) is 30.1. The molecule has 2 fully saturated rings. The summed E-state index contributed by atoms with van der Waals surface area (Å²) >= 11 is 0. The summed E-state index contributed by atoms with van der Waals surface area (Å²) in [5.74, 6) is -1.38. The van der Waals surface area contributed by atoms with Crippen LogP contribution in [0.4, 0.5) is 4.39 Å². The average Bonchev–Trinajstić information content (AvgIpc) is 3.13. The van der Waals surface area contributed by atoms with Gasteiger partial charge in [-0.2, -0.15) is 0 Å². The minimum absolute atomic E-state index is 0.0170. The Morgan fingerprint density at radius 2 is 1.83 bits per heavy atom. The predicted octanol–water partition coefficient (Wildman–Crippen LogP) is 4.07. The monoisotopic (exact) mass is 496 g/mol. The molecule has 2 aromatic rings. The zero-order chi connectivity index (χ0) is 25.7. The second-order valence-corrected chi connectivity index (χ2v) is 9.18. The molecule has 0 aromatic heterocycles. The fourth-order valence-corrected chi connectivity index (χ4v) is 4.75. The van der Waals surface area contributed by atoms with E-state index in [2.05, 4.69) is 4.90 Å². The van der Waals surface area contributed by atoms with Crippen molar-refractivity contribution >= 4 is 17.4 Å². The lowest BCUT2D eigenvalue weighted by atomic mass is 9.94. The van der Waals surface area contributed by atoms with Gasteiger partial charge in [-0.1, -0.05) is 19.1 Å². The summed E-state index contributed by atoms with van der Waals surface area (Å²) in [6.45, 7) is 8.54. The molecular weight excluding hydrogens is 463 g/mol. The molecule has 2 aliphatic heterocycles. The van der Waals surface area contributed by atoms with Crippen LogP contribution in [0, 0.1) is 12.7 Å². The lowest BCUT2D eigenvalue weighted by molar-refractivity contribution is -0.140. The number of nitrogens with zero attached hydrogens (tertiary/aromatic N) is 2. The highest BCUT2D eigenvalue weighted by atomic mass is 19.1. The highest BCUT2D eigenvalue weighted by molar-refractivity contribution is 6.46. The Hall–Kier alpha value is -3.23. The number of ketones is 1. The van der Waals surface area contributed by atoms with E-state index >= 15 is 0 Å². The van der Waals surface area contributed by atoms with Crippen LogP contribution in [0.15, 0.2) is 48.0 Å². The Kier molecular flexibility index (Phi) is 8.38. The number of carbonyl (C=O) groups is 2. The van der Waals surface area contributed by atoms with Crippen LogP contribution in [0.2, 0.25) is 0 Å². The summed E-state index contributed by atoms with van der Waals surface area (Å²) in [5, 5.41) is 11.3. The number of aliphatic hydroxyl groups is 1. The third-order valence-corrected chi connectivity index (χ3v) is 6.63. The highest BCUT2D eigenvalue weighted by Crippen LogP contribution is 2.40. The van der Waals surface area contributed by atoms with Gasteiger partial charge in [0.15, 0.2) is 0 Å². The minimum atomic E-state index is -0.800. The standard InChI is InChI=1S/C28H33FN2O5/c1-3-15-36-22-9-10-23(19(2)18-22)26(32)24-25(20-5-7-21(29)8-6-20)31(28(34)27(24)33)12-4-11-30-13-16-35-17-14-30/h5-10,18,25,32H,3-4,11-17H2,1-2H3/t25-/m0/s1. The van der Waals surface area contributed by atoms with Gasteiger partial charge in [0.2, 0.25) is 0 Å². The number of halogens is 1. The molecule has 0 saturated carbocycles. The van der Waals surface area contributed by atoms with E-state index in [1.54, 1.807) is 30.3 Å². The molecule has 1 atom stereocenters. The molecule has 0 unspecified atom stereocenters. The van der Waals surface area contributed by atoms with E-state index in [-0.39, 0.29) is 11.3 Å². The smallest absolute Gasteiger partial charge is 0.295 e. The Bertz CT molecular complexity index is 1130. The number of aryl methyl sites for hydroxylation is 1. The Labute approximate surface area is 211 Å². The van der Waals surface area contributed by atoms with Crippen LogP contribution in [-0.2, 0) is 14.3 Å². The highest BCUT2D eigenvalue weighted by Gasteiger charge is 2.46. The fraction of sp³-hybridized carbons (Fsp3) is 0.429. The maximum absolute atomic E-state index is 13.7. The molecule has 192 valence electrons. The van der Waals surface area contributed by atoms with Crippen molar-refractivity contribution in [3.05, 3.63) is 70.5 Å². The van der Waals surface area contributed by atoms with Crippen LogP contribution in [-0.4, -0.2) is 72.6 Å². The summed E-state index contributed by atoms with van der Waals surface area (Å²) < 4.78 is 24.8. The Balaban J connectivity index is 1.66. The van der Waals surface area contributed by atoms with Crippen molar-refractivity contribution in [3.8, 4) is 5.75 Å². The Morgan fingerprint density at radius 3 is 2.50 bits per heavy atom. The van der Waals surface area contributed by atoms with E-state index in [9.17, 15) is 19.1 Å². The molecule has 4 rings (SSSR count). The predicted molar refractivity (Wildman–Crippen MR) is 134 cm³/mol. The van der Waals surface area contributed by atoms with Gasteiger partial charge in [-0.05, 0) is 61.2 Å². The number of ether oxygens (including phenoxy) is 2. The van der Waals surface area contributed by atoms with Gasteiger partial charge in [0.25, 0.3) is 11.7 Å². The first-order valence-corrected chi connectivity index (χ1v) is 12.5. The zero-order valence-electron chi connectivity index (χ0n) is 20.8. The minimum Gasteiger partial charge on any atom is -0.507 e. The third kappa shape index (κ3) is 5.60. The van der Waals surface area contributed by atoms with Crippen molar-refractivity contribution < 1.29 is 28.6 Å². The van der Waals surface area contributed by atoms with E-state index in [4.69, 9.17) is 9.47 Å². The van der Waals surface area contributed by atoms with Gasteiger partial charge >= 0.3 is 0 Å². The normalized spacial score (nSPS) is 20.2. The molecule has 2 heterocycles. The molecule has 36 heavy (non-hydrogen) atoms. The van der Waals surface area contributed by atoms with Gasteiger partial charge < -0.3 is 19.5 Å². The Morgan fingerprint density at radius 1 is 1.11 bits per heavy atom. The van der Waals surface area contributed by atoms with Gasteiger partial charge in [0, 0.05) is 31.7 Å². The lowest BCUT2D eigenvalue weighted by Crippen LogP contribution is -2.38. The largest absolute Gasteiger partial charge is 0.507 e. The van der Waals surface area contributed by atoms with Crippen molar-refractivity contribution in [1.29, 1.82) is 0 Å². The number of Topliss-reactive ketones (excluding diaryl/α,β-unsaturated/α-hetero) is 1. The number of morpholine rings is 1. The maximum Gasteiger partial charge on any atom is 0.295 e. The van der Waals surface area contributed by atoms with Gasteiger partial charge in [0.05, 0.1) is 31.4 Å². The molecule has 2 saturated heterocycles. The number of amides is 1. The number of likely N-dealkylation sites (tertiary alicyclic amines) is 1. The van der Waals surface area contributed by atoms with Crippen LogP contribution in [0.5, 0.6) is 5.75 Å². The zero-order valence-corrected chi connectivity index (χ0v) is 20.8. The van der Waals surface area contributed by atoms with Crippen molar-refractivity contribution in [3.63, 3.8) is 0 Å². The van der Waals surface area contributed by atoms with Crippen molar-refractivity contribution in [2.45, 2.75) is 32.7 Å². The van der Waals surface area contributed by atoms with E-state index in [0.717, 1.165) is 31.6 Å². The van der Waals surface area contributed by atoms with Gasteiger partial charge in [0.1, 0.15) is 17.3 Å². The summed E-state index contributed by atoms with van der Waals surface area (Å²) in [5.41, 5.74) is 1.77. The molecule has 1 N–H and O–H groups in total. The third-order valence-electron chi connectivity index (χ3n) is 6.63. The van der Waals surface area contributed by atoms with Crippen LogP contribution in [0.25, 0.3) is 5.76 Å². The van der Waals surface area contributed by atoms with Gasteiger partial charge in [-0.15, -0.1) is 0 Å². The second kappa shape index (κ2) is 11.7. The molecule has 0 spiro atoms. The first-order chi connectivity index (χ1) is 17.4. The number of hydrogen-bond donors (Lipinski definition) is 1. The summed E-state index contributed by atoms with van der Waals surface area (Å²) in [6, 6.07) is 10.2. The van der Waals surface area contributed by atoms with E-state index in [0.29, 0.717) is 49.7 Å². The average molecular weight is 497 g/mol. The molecule has 0 radical (unpaired) electrons. The van der Waals surface area contributed by atoms with Crippen LogP contribution >= 0.6 is 0 Å². The molecule has 2 aromatic carbocycles. The molecule has 0 bridgehead atoms. The number of hydrogen-bond acceptors (Lipinski definition) is 6. The first-order valence-electron chi connectivity index (χ1n) is 12.5. The first kappa shape index (κ1) is 25.9. The molecular formula is C28H33FN2O5. The van der Waals surface area contributed by atoms with Crippen LogP contribution < -0.4 is 4.74 Å². The quantitative estimate of drug-likeness (QED) is 0.320. The summed E-state index contributed by atoms with van der Waals surface area (Å²) in [7, 11) is 0. The SMILES string of the molecule is CCCOc1ccc(C(O)=C2C(=O)C(=O)N(CCCN3CCOCC3)[C@H]2c2ccc(F)cc2)c(C)c1. The van der Waals surface area contributed by atoms with Gasteiger partial charge in [-0.3, -0.25) is 14.5 Å². The van der Waals surface area contributed by atoms with Crippen LogP contribution in [0.1, 0.15) is 42.5 Å². The topological polar surface area (TPSA) is 79.3 Å². The van der Waals surface area contributed by atoms with Crippen molar-refractivity contribution in [1.82, 2.24) is 9.80 Å². The maximum atomic E-state index is 13.7. The van der Waals surface area contributed by atoms with Crippen LogP contribution in [0.3, 0.4) is 0 Å². The fourth-order valence-electron chi connectivity index (χ4n) is 4.75. The summed E-state index contributed by atoms with van der Waals surface area (Å²) in [6.07, 6.45) is 1.53. The number of aliphatic hydroxyl groups excluding tert-OH is 1. The number of benzene rings is 2. The molecule has 1 amide bonds. The molecule has 8 heteroatoms. The lowest BCUT2D eigenvalue weighted by Gasteiger charge is -2.29.